The molecule has 0 spiro atoms. The summed E-state index contributed by atoms with van der Waals surface area (Å²) < 4.78 is 37.1. The van der Waals surface area contributed by atoms with Crippen molar-refractivity contribution in [3.05, 3.63) is 0 Å². The number of piperidine rings is 1. The molecule has 2 saturated heterocycles. The maximum atomic E-state index is 12.4. The Morgan fingerprint density at radius 3 is 2.47 bits per heavy atom. The minimum Gasteiger partial charge on any atom is -0.378 e. The molecule has 2 N–H and O–H groups in total. The molecule has 1 atom stereocenters. The average Bonchev–Trinajstić information content (AvgIpc) is 2.23. The van der Waals surface area contributed by atoms with Gasteiger partial charge in [0.25, 0.3) is 0 Å². The van der Waals surface area contributed by atoms with Gasteiger partial charge in [0.05, 0.1) is 19.1 Å². The van der Waals surface area contributed by atoms with Crippen LogP contribution in [0.1, 0.15) is 19.3 Å². The number of aliphatic hydroxyl groups is 1. The van der Waals surface area contributed by atoms with E-state index >= 15 is 0 Å². The van der Waals surface area contributed by atoms with Crippen LogP contribution in [0.4, 0.5) is 13.2 Å². The molecule has 0 aliphatic carbocycles. The quantitative estimate of drug-likeness (QED) is 0.704. The SMILES string of the molecule is O=C([C@@H]1CCCCN1)N1CC(O)(C(F)(F)F)C1. The Kier molecular flexibility index (Phi) is 3.07. The van der Waals surface area contributed by atoms with Gasteiger partial charge in [0, 0.05) is 0 Å². The first-order chi connectivity index (χ1) is 7.83. The lowest BCUT2D eigenvalue weighted by Gasteiger charge is -2.48. The van der Waals surface area contributed by atoms with Crippen molar-refractivity contribution >= 4 is 5.91 Å². The molecule has 0 bridgehead atoms. The summed E-state index contributed by atoms with van der Waals surface area (Å²) in [6.45, 7) is -0.575. The predicted octanol–water partition coefficient (Wildman–Crippen LogP) is 0.264. The smallest absolute Gasteiger partial charge is 0.378 e. The third-order valence-corrected chi connectivity index (χ3v) is 3.35. The van der Waals surface area contributed by atoms with E-state index < -0.39 is 24.9 Å². The van der Waals surface area contributed by atoms with Crippen molar-refractivity contribution in [2.24, 2.45) is 0 Å². The topological polar surface area (TPSA) is 52.6 Å². The van der Waals surface area contributed by atoms with Crippen LogP contribution < -0.4 is 5.32 Å². The van der Waals surface area contributed by atoms with Gasteiger partial charge in [0.1, 0.15) is 0 Å². The fraction of sp³-hybridized carbons (Fsp3) is 0.900. The van der Waals surface area contributed by atoms with Gasteiger partial charge >= 0.3 is 6.18 Å². The highest BCUT2D eigenvalue weighted by molar-refractivity contribution is 5.83. The second-order valence-corrected chi connectivity index (χ2v) is 4.73. The third-order valence-electron chi connectivity index (χ3n) is 3.35. The van der Waals surface area contributed by atoms with Crippen LogP contribution in [-0.4, -0.2) is 53.4 Å². The zero-order chi connectivity index (χ0) is 12.7. The Morgan fingerprint density at radius 1 is 1.35 bits per heavy atom. The predicted molar refractivity (Wildman–Crippen MR) is 53.2 cm³/mol. The van der Waals surface area contributed by atoms with Crippen molar-refractivity contribution in [1.82, 2.24) is 10.2 Å². The summed E-state index contributed by atoms with van der Waals surface area (Å²) in [7, 11) is 0. The molecule has 2 aliphatic heterocycles. The standard InChI is InChI=1S/C10H15F3N2O2/c11-10(12,13)9(17)5-15(6-9)8(16)7-3-1-2-4-14-7/h7,14,17H,1-6H2/t7-/m0/s1. The molecule has 0 aromatic heterocycles. The van der Waals surface area contributed by atoms with E-state index in [4.69, 9.17) is 0 Å². The van der Waals surface area contributed by atoms with Crippen LogP contribution in [0, 0.1) is 0 Å². The lowest BCUT2D eigenvalue weighted by Crippen LogP contribution is -2.72. The van der Waals surface area contributed by atoms with Gasteiger partial charge in [0.2, 0.25) is 5.91 Å². The van der Waals surface area contributed by atoms with Gasteiger partial charge in [-0.15, -0.1) is 0 Å². The Morgan fingerprint density at radius 2 is 2.00 bits per heavy atom. The van der Waals surface area contributed by atoms with Crippen LogP contribution in [0.15, 0.2) is 0 Å². The number of halogens is 3. The number of hydrogen-bond donors (Lipinski definition) is 2. The van der Waals surface area contributed by atoms with E-state index in [2.05, 4.69) is 5.32 Å². The van der Waals surface area contributed by atoms with Gasteiger partial charge < -0.3 is 15.3 Å². The zero-order valence-electron chi connectivity index (χ0n) is 9.26. The number of rotatable bonds is 1. The van der Waals surface area contributed by atoms with E-state index in [1.54, 1.807) is 0 Å². The maximum Gasteiger partial charge on any atom is 0.420 e. The number of carbonyl (C=O) groups excluding carboxylic acids is 1. The normalized spacial score (nSPS) is 28.7. The van der Waals surface area contributed by atoms with E-state index in [1.165, 1.54) is 0 Å². The fourth-order valence-corrected chi connectivity index (χ4v) is 2.20. The maximum absolute atomic E-state index is 12.4. The summed E-state index contributed by atoms with van der Waals surface area (Å²) in [6, 6.07) is -0.387. The largest absolute Gasteiger partial charge is 0.420 e. The molecule has 17 heavy (non-hydrogen) atoms. The van der Waals surface area contributed by atoms with Gasteiger partial charge in [-0.2, -0.15) is 13.2 Å². The molecule has 2 rings (SSSR count). The van der Waals surface area contributed by atoms with Gasteiger partial charge in [0.15, 0.2) is 5.60 Å². The second kappa shape index (κ2) is 4.13. The first-order valence-corrected chi connectivity index (χ1v) is 5.65. The van der Waals surface area contributed by atoms with Gasteiger partial charge in [-0.25, -0.2) is 0 Å². The zero-order valence-corrected chi connectivity index (χ0v) is 9.26. The molecule has 2 heterocycles. The van der Waals surface area contributed by atoms with E-state index in [1.807, 2.05) is 0 Å². The van der Waals surface area contributed by atoms with E-state index in [0.717, 1.165) is 17.7 Å². The number of amides is 1. The van der Waals surface area contributed by atoms with Crippen LogP contribution in [-0.2, 0) is 4.79 Å². The molecular weight excluding hydrogens is 237 g/mol. The number of alkyl halides is 3. The minimum absolute atomic E-state index is 0.335. The van der Waals surface area contributed by atoms with Crippen molar-refractivity contribution in [3.63, 3.8) is 0 Å². The highest BCUT2D eigenvalue weighted by Crippen LogP contribution is 2.38. The third kappa shape index (κ3) is 2.26. The molecule has 0 aromatic carbocycles. The molecular formula is C10H15F3N2O2. The van der Waals surface area contributed by atoms with E-state index in [0.29, 0.717) is 13.0 Å². The number of likely N-dealkylation sites (tertiary alicyclic amines) is 1. The Balaban J connectivity index is 1.89. The minimum atomic E-state index is -4.66. The summed E-state index contributed by atoms with van der Waals surface area (Å²) in [6.07, 6.45) is -2.12. The van der Waals surface area contributed by atoms with Crippen LogP contribution in [0.5, 0.6) is 0 Å². The number of β-amino-alcohol motifs (C(OH)–C–C–N with tert-alkyl or cyclic N) is 1. The molecule has 4 nitrogen and oxygen atoms in total. The summed E-state index contributed by atoms with van der Waals surface area (Å²) in [5.74, 6) is -0.335. The molecule has 0 saturated carbocycles. The van der Waals surface area contributed by atoms with Crippen molar-refractivity contribution in [2.75, 3.05) is 19.6 Å². The lowest BCUT2D eigenvalue weighted by molar-refractivity contribution is -0.297. The van der Waals surface area contributed by atoms with Crippen molar-refractivity contribution in [1.29, 1.82) is 0 Å². The van der Waals surface area contributed by atoms with Crippen molar-refractivity contribution in [2.45, 2.75) is 37.1 Å². The second-order valence-electron chi connectivity index (χ2n) is 4.73. The van der Waals surface area contributed by atoms with Crippen molar-refractivity contribution < 1.29 is 23.1 Å². The first kappa shape index (κ1) is 12.6. The Bertz CT molecular complexity index is 307. The molecule has 98 valence electrons. The van der Waals surface area contributed by atoms with Crippen molar-refractivity contribution in [3.8, 4) is 0 Å². The molecule has 0 radical (unpaired) electrons. The molecule has 7 heteroatoms. The first-order valence-electron chi connectivity index (χ1n) is 5.65. The molecule has 0 aromatic rings. The van der Waals surface area contributed by atoms with Crippen LogP contribution in [0.3, 0.4) is 0 Å². The summed E-state index contributed by atoms with van der Waals surface area (Å²) in [5.41, 5.74) is -2.71. The average molecular weight is 252 g/mol. The van der Waals surface area contributed by atoms with Crippen LogP contribution >= 0.6 is 0 Å². The summed E-state index contributed by atoms with van der Waals surface area (Å²) in [5, 5.41) is 12.2. The Labute approximate surface area is 96.8 Å². The monoisotopic (exact) mass is 252 g/mol. The molecule has 0 unspecified atom stereocenters. The fourth-order valence-electron chi connectivity index (χ4n) is 2.20. The number of carbonyl (C=O) groups is 1. The molecule has 2 aliphatic rings. The van der Waals surface area contributed by atoms with Crippen LogP contribution in [0.2, 0.25) is 0 Å². The highest BCUT2D eigenvalue weighted by atomic mass is 19.4. The van der Waals surface area contributed by atoms with Crippen LogP contribution in [0.25, 0.3) is 0 Å². The van der Waals surface area contributed by atoms with E-state index in [9.17, 15) is 23.1 Å². The van der Waals surface area contributed by atoms with Gasteiger partial charge in [-0.3, -0.25) is 4.79 Å². The van der Waals surface area contributed by atoms with Gasteiger partial charge in [-0.05, 0) is 19.4 Å². The molecule has 2 fully saturated rings. The molecule has 1 amide bonds. The number of hydrogen-bond acceptors (Lipinski definition) is 3. The number of nitrogens with zero attached hydrogens (tertiary/aromatic N) is 1. The summed E-state index contributed by atoms with van der Waals surface area (Å²) in [4.78, 5) is 12.8. The lowest BCUT2D eigenvalue weighted by atomic mass is 9.91. The Hall–Kier alpha value is -0.820. The number of nitrogens with one attached hydrogen (secondary N) is 1. The highest BCUT2D eigenvalue weighted by Gasteiger charge is 2.62. The van der Waals surface area contributed by atoms with E-state index in [-0.39, 0.29) is 11.9 Å². The summed E-state index contributed by atoms with van der Waals surface area (Å²) >= 11 is 0. The van der Waals surface area contributed by atoms with Gasteiger partial charge in [-0.1, -0.05) is 6.42 Å².